The van der Waals surface area contributed by atoms with Crippen molar-refractivity contribution >= 4 is 5.97 Å². The molecule has 0 bridgehead atoms. The zero-order valence-electron chi connectivity index (χ0n) is 24.0. The number of ether oxygens (including phenoxy) is 8. The van der Waals surface area contributed by atoms with Crippen molar-refractivity contribution in [1.29, 1.82) is 0 Å². The Morgan fingerprint density at radius 3 is 1.71 bits per heavy atom. The van der Waals surface area contributed by atoms with Gasteiger partial charge in [-0.05, 0) is 41.0 Å². The second kappa shape index (κ2) is 13.5. The molecule has 1 fully saturated rings. The average Bonchev–Trinajstić information content (AvgIpc) is 3.40. The predicted octanol–water partition coefficient (Wildman–Crippen LogP) is 4.52. The van der Waals surface area contributed by atoms with Gasteiger partial charge in [0.1, 0.15) is 0 Å². The van der Waals surface area contributed by atoms with Gasteiger partial charge in [-0.1, -0.05) is 30.3 Å². The number of benzene rings is 3. The van der Waals surface area contributed by atoms with E-state index in [-0.39, 0.29) is 13.2 Å². The summed E-state index contributed by atoms with van der Waals surface area (Å²) < 4.78 is 45.1. The van der Waals surface area contributed by atoms with E-state index in [2.05, 4.69) is 0 Å². The van der Waals surface area contributed by atoms with Gasteiger partial charge in [0, 0.05) is 5.92 Å². The number of hydrogen-bond donors (Lipinski definition) is 1. The summed E-state index contributed by atoms with van der Waals surface area (Å²) in [6, 6.07) is 16.5. The first-order valence-corrected chi connectivity index (χ1v) is 13.0. The summed E-state index contributed by atoms with van der Waals surface area (Å²) in [5, 5.41) is 11.7. The monoisotopic (exact) mass is 568 g/mol. The third-order valence-electron chi connectivity index (χ3n) is 7.20. The Morgan fingerprint density at radius 1 is 0.756 bits per heavy atom. The molecule has 41 heavy (non-hydrogen) atoms. The average molecular weight is 569 g/mol. The Morgan fingerprint density at radius 2 is 1.24 bits per heavy atom. The van der Waals surface area contributed by atoms with Crippen LogP contribution in [0.25, 0.3) is 0 Å². The first kappa shape index (κ1) is 29.8. The van der Waals surface area contributed by atoms with Crippen molar-refractivity contribution in [2.45, 2.75) is 18.8 Å². The van der Waals surface area contributed by atoms with Gasteiger partial charge >= 0.3 is 5.97 Å². The van der Waals surface area contributed by atoms with E-state index in [0.717, 1.165) is 5.56 Å². The molecule has 1 N–H and O–H groups in total. The van der Waals surface area contributed by atoms with Gasteiger partial charge in [-0.25, -0.2) is 0 Å². The lowest BCUT2D eigenvalue weighted by molar-refractivity contribution is -0.144. The lowest BCUT2D eigenvalue weighted by Crippen LogP contribution is -2.30. The van der Waals surface area contributed by atoms with Crippen molar-refractivity contribution < 1.29 is 47.8 Å². The molecule has 0 radical (unpaired) electrons. The van der Waals surface area contributed by atoms with Crippen LogP contribution in [0.1, 0.15) is 28.9 Å². The number of aliphatic hydroxyl groups excluding tert-OH is 1. The molecule has 10 heteroatoms. The van der Waals surface area contributed by atoms with Crippen LogP contribution in [-0.4, -0.2) is 60.3 Å². The minimum atomic E-state index is -1.27. The highest BCUT2D eigenvalue weighted by Crippen LogP contribution is 2.48. The van der Waals surface area contributed by atoms with Gasteiger partial charge in [0.25, 0.3) is 0 Å². The van der Waals surface area contributed by atoms with Gasteiger partial charge < -0.3 is 43.0 Å². The van der Waals surface area contributed by atoms with Crippen molar-refractivity contribution in [1.82, 2.24) is 0 Å². The molecule has 0 aromatic heterocycles. The minimum absolute atomic E-state index is 0.0289. The van der Waals surface area contributed by atoms with Crippen LogP contribution in [0.3, 0.4) is 0 Å². The lowest BCUT2D eigenvalue weighted by atomic mass is 9.80. The highest BCUT2D eigenvalue weighted by Gasteiger charge is 2.48. The van der Waals surface area contributed by atoms with Crippen LogP contribution in [-0.2, 0) is 20.9 Å². The number of aliphatic hydroxyl groups is 1. The van der Waals surface area contributed by atoms with Gasteiger partial charge in [-0.15, -0.1) is 0 Å². The molecule has 1 aliphatic heterocycles. The molecule has 1 heterocycles. The molecule has 0 saturated carbocycles. The van der Waals surface area contributed by atoms with Crippen LogP contribution in [0.5, 0.6) is 34.5 Å². The van der Waals surface area contributed by atoms with Crippen LogP contribution in [0, 0.1) is 11.8 Å². The number of rotatable bonds is 13. The summed E-state index contributed by atoms with van der Waals surface area (Å²) in [6.45, 7) is 0.279. The van der Waals surface area contributed by atoms with E-state index in [0.29, 0.717) is 45.6 Å². The molecule has 1 saturated heterocycles. The molecule has 0 amide bonds. The molecule has 4 rings (SSSR count). The molecule has 1 unspecified atom stereocenters. The fourth-order valence-electron chi connectivity index (χ4n) is 5.16. The zero-order valence-corrected chi connectivity index (χ0v) is 24.0. The summed E-state index contributed by atoms with van der Waals surface area (Å²) in [6.07, 6.45) is -1.97. The smallest absolute Gasteiger partial charge is 0.312 e. The Balaban J connectivity index is 1.78. The summed E-state index contributed by atoms with van der Waals surface area (Å²) in [7, 11) is 9.04. The Bertz CT molecular complexity index is 1280. The first-order chi connectivity index (χ1) is 19.9. The first-order valence-electron chi connectivity index (χ1n) is 13.0. The van der Waals surface area contributed by atoms with Gasteiger partial charge in [0.05, 0.1) is 74.0 Å². The van der Waals surface area contributed by atoms with E-state index >= 15 is 0 Å². The van der Waals surface area contributed by atoms with E-state index in [9.17, 15) is 9.90 Å². The molecular weight excluding hydrogens is 532 g/mol. The Hall–Kier alpha value is -4.15. The number of carbonyl (C=O) groups is 1. The van der Waals surface area contributed by atoms with E-state index in [1.807, 2.05) is 30.3 Å². The third-order valence-corrected chi connectivity index (χ3v) is 7.20. The van der Waals surface area contributed by atoms with E-state index in [1.165, 1.54) is 42.7 Å². The quantitative estimate of drug-likeness (QED) is 0.296. The largest absolute Gasteiger partial charge is 0.493 e. The van der Waals surface area contributed by atoms with Gasteiger partial charge in [0.2, 0.25) is 11.5 Å². The molecule has 10 nitrogen and oxygen atoms in total. The highest BCUT2D eigenvalue weighted by atomic mass is 16.6. The summed E-state index contributed by atoms with van der Waals surface area (Å²) in [4.78, 5) is 13.2. The molecule has 3 aromatic rings. The number of esters is 1. The Labute approximate surface area is 239 Å². The fraction of sp³-hybridized carbons (Fsp3) is 0.387. The second-order valence-electron chi connectivity index (χ2n) is 9.40. The zero-order chi connectivity index (χ0) is 29.5. The maximum Gasteiger partial charge on any atom is 0.312 e. The van der Waals surface area contributed by atoms with Crippen LogP contribution < -0.4 is 28.4 Å². The van der Waals surface area contributed by atoms with Crippen molar-refractivity contribution in [3.63, 3.8) is 0 Å². The van der Waals surface area contributed by atoms with Gasteiger partial charge in [-0.3, -0.25) is 4.79 Å². The second-order valence-corrected chi connectivity index (χ2v) is 9.40. The van der Waals surface area contributed by atoms with Crippen LogP contribution in [0.4, 0.5) is 0 Å². The van der Waals surface area contributed by atoms with Crippen LogP contribution in [0.2, 0.25) is 0 Å². The van der Waals surface area contributed by atoms with Crippen LogP contribution >= 0.6 is 0 Å². The summed E-state index contributed by atoms with van der Waals surface area (Å²) >= 11 is 0. The summed E-state index contributed by atoms with van der Waals surface area (Å²) in [5.41, 5.74) is 2.01. The van der Waals surface area contributed by atoms with E-state index in [4.69, 9.17) is 37.9 Å². The van der Waals surface area contributed by atoms with Crippen molar-refractivity contribution in [2.24, 2.45) is 11.8 Å². The Kier molecular flexibility index (Phi) is 9.80. The molecule has 3 aromatic carbocycles. The van der Waals surface area contributed by atoms with Crippen molar-refractivity contribution in [3.05, 3.63) is 71.3 Å². The van der Waals surface area contributed by atoms with E-state index < -0.39 is 30.0 Å². The topological polar surface area (TPSA) is 111 Å². The van der Waals surface area contributed by atoms with Gasteiger partial charge in [-0.2, -0.15) is 0 Å². The number of hydrogen-bond acceptors (Lipinski definition) is 10. The molecule has 220 valence electrons. The normalized spacial score (nSPS) is 17.8. The standard InChI is InChI=1S/C31H36O10/c1-34-22-12-19(13-23(35-2)29(22)38-5)27(32)26-21(17-41-31(26)33)28(40-16-18-10-8-7-9-11-18)20-14-24(36-3)30(39-6)25(15-20)37-4/h7-15,21,26-28,32H,16-17H2,1-6H3/t21-,26-,27?,28+/m0/s1. The number of carbonyl (C=O) groups excluding carboxylic acids is 1. The highest BCUT2D eigenvalue weighted by molar-refractivity contribution is 5.76. The minimum Gasteiger partial charge on any atom is -0.493 e. The number of cyclic esters (lactones) is 1. The molecule has 4 atom stereocenters. The maximum atomic E-state index is 13.2. The fourth-order valence-corrected chi connectivity index (χ4v) is 5.16. The summed E-state index contributed by atoms with van der Waals surface area (Å²) in [5.74, 6) is 0.268. The third kappa shape index (κ3) is 6.13. The van der Waals surface area contributed by atoms with Crippen LogP contribution in [0.15, 0.2) is 54.6 Å². The van der Waals surface area contributed by atoms with Crippen molar-refractivity contribution in [2.75, 3.05) is 49.3 Å². The lowest BCUT2D eigenvalue weighted by Gasteiger charge is -2.30. The molecule has 0 aliphatic carbocycles. The van der Waals surface area contributed by atoms with Crippen molar-refractivity contribution in [3.8, 4) is 34.5 Å². The number of methoxy groups -OCH3 is 6. The molecular formula is C31H36O10. The maximum absolute atomic E-state index is 13.2. The predicted molar refractivity (Wildman–Crippen MR) is 149 cm³/mol. The SMILES string of the molecule is COc1cc(C(O)[C@H]2C(=O)OC[C@@H]2[C@H](OCc2ccccc2)c2cc(OC)c(OC)c(OC)c2)cc(OC)c1OC. The van der Waals surface area contributed by atoms with Gasteiger partial charge in [0.15, 0.2) is 23.0 Å². The molecule has 1 aliphatic rings. The molecule has 0 spiro atoms. The van der Waals surface area contributed by atoms with E-state index in [1.54, 1.807) is 24.3 Å².